The van der Waals surface area contributed by atoms with Gasteiger partial charge in [-0.3, -0.25) is 14.4 Å². The van der Waals surface area contributed by atoms with Gasteiger partial charge < -0.3 is 29.5 Å². The predicted molar refractivity (Wildman–Crippen MR) is 185 cm³/mol. The van der Waals surface area contributed by atoms with Crippen LogP contribution in [0.5, 0.6) is 5.75 Å². The molecule has 0 radical (unpaired) electrons. The van der Waals surface area contributed by atoms with E-state index in [1.807, 2.05) is 11.8 Å². The van der Waals surface area contributed by atoms with Crippen LogP contribution in [0.4, 0.5) is 24.5 Å². The molecule has 1 saturated carbocycles. The highest BCUT2D eigenvalue weighted by atomic mass is 35.5. The quantitative estimate of drug-likeness (QED) is 0.264. The van der Waals surface area contributed by atoms with E-state index in [-0.39, 0.29) is 66.8 Å². The van der Waals surface area contributed by atoms with E-state index in [2.05, 4.69) is 21.5 Å². The summed E-state index contributed by atoms with van der Waals surface area (Å²) in [4.78, 5) is 53.3. The van der Waals surface area contributed by atoms with Crippen LogP contribution in [-0.2, 0) is 28.7 Å². The molecule has 3 atom stereocenters. The van der Waals surface area contributed by atoms with E-state index >= 15 is 0 Å². The van der Waals surface area contributed by atoms with Gasteiger partial charge in [-0.1, -0.05) is 24.6 Å². The van der Waals surface area contributed by atoms with Gasteiger partial charge in [-0.25, -0.2) is 4.98 Å². The summed E-state index contributed by atoms with van der Waals surface area (Å²) >= 11 is 6.14. The number of halogens is 4. The first-order valence-electron chi connectivity index (χ1n) is 17.0. The number of carbonyl (C=O) groups excluding carboxylic acids is 2. The monoisotopic (exact) mass is 740 g/mol. The van der Waals surface area contributed by atoms with E-state index in [4.69, 9.17) is 21.3 Å². The van der Waals surface area contributed by atoms with Gasteiger partial charge in [0.05, 0.1) is 28.1 Å². The van der Waals surface area contributed by atoms with Crippen molar-refractivity contribution in [1.29, 1.82) is 0 Å². The van der Waals surface area contributed by atoms with E-state index in [1.165, 1.54) is 22.8 Å². The van der Waals surface area contributed by atoms with Crippen molar-refractivity contribution in [2.75, 3.05) is 43.5 Å². The first-order chi connectivity index (χ1) is 24.9. The van der Waals surface area contributed by atoms with Crippen LogP contribution in [0.1, 0.15) is 53.8 Å². The number of hydrogen-bond donors (Lipinski definition) is 2. The molecular formula is C35H36ClF3N8O5. The molecule has 7 rings (SSSR count). The Balaban J connectivity index is 1.23. The maximum absolute atomic E-state index is 14.3. The lowest BCUT2D eigenvalue weighted by atomic mass is 10.00. The molecule has 2 fully saturated rings. The van der Waals surface area contributed by atoms with Crippen molar-refractivity contribution in [2.45, 2.75) is 51.4 Å². The molecule has 2 amide bonds. The first-order valence-corrected chi connectivity index (χ1v) is 17.3. The largest absolute Gasteiger partial charge is 0.505 e. The van der Waals surface area contributed by atoms with Crippen molar-refractivity contribution in [3.63, 3.8) is 0 Å². The molecule has 4 aromatic rings. The van der Waals surface area contributed by atoms with Gasteiger partial charge in [-0.2, -0.15) is 22.7 Å². The molecule has 17 heteroatoms. The Morgan fingerprint density at radius 1 is 1.13 bits per heavy atom. The van der Waals surface area contributed by atoms with E-state index in [0.29, 0.717) is 35.5 Å². The van der Waals surface area contributed by atoms with Crippen molar-refractivity contribution in [1.82, 2.24) is 29.0 Å². The summed E-state index contributed by atoms with van der Waals surface area (Å²) in [5.74, 6) is -0.0760. The summed E-state index contributed by atoms with van der Waals surface area (Å²) in [6, 6.07) is 5.58. The molecule has 0 spiro atoms. The van der Waals surface area contributed by atoms with Crippen molar-refractivity contribution in [3.05, 3.63) is 80.8 Å². The van der Waals surface area contributed by atoms with Gasteiger partial charge in [0.25, 0.3) is 11.5 Å². The minimum atomic E-state index is -4.61. The predicted octanol–water partition coefficient (Wildman–Crippen LogP) is 4.66. The SMILES string of the molecule is CCc1c(N2CCN(C(=O)c3ncccc3O)CC2)c(=O)n2nc(C3=CC4CC(OC)CC4C3)nc2n1CC(=O)Nc1ccc(C(F)(F)F)cc1Cl. The highest BCUT2D eigenvalue weighted by molar-refractivity contribution is 6.33. The third-order valence-electron chi connectivity index (χ3n) is 10.1. The number of methoxy groups -OCH3 is 1. The maximum Gasteiger partial charge on any atom is 0.416 e. The topological polar surface area (TPSA) is 147 Å². The molecule has 274 valence electrons. The number of rotatable bonds is 8. The van der Waals surface area contributed by atoms with Crippen LogP contribution in [-0.4, -0.2) is 85.4 Å². The normalized spacial score (nSPS) is 20.3. The molecule has 1 aromatic carbocycles. The van der Waals surface area contributed by atoms with Crippen molar-refractivity contribution >= 4 is 46.1 Å². The van der Waals surface area contributed by atoms with E-state index in [1.54, 1.807) is 16.6 Å². The number of nitrogens with zero attached hydrogens (tertiary/aromatic N) is 7. The number of hydrogen-bond acceptors (Lipinski definition) is 9. The fourth-order valence-corrected chi connectivity index (χ4v) is 7.77. The summed E-state index contributed by atoms with van der Waals surface area (Å²) < 4.78 is 48.1. The number of aromatic nitrogens is 5. The minimum absolute atomic E-state index is 0.00564. The molecule has 2 aliphatic carbocycles. The van der Waals surface area contributed by atoms with E-state index in [0.717, 1.165) is 43.0 Å². The van der Waals surface area contributed by atoms with Crippen LogP contribution in [0, 0.1) is 11.8 Å². The summed E-state index contributed by atoms with van der Waals surface area (Å²) in [7, 11) is 1.71. The number of nitrogens with one attached hydrogen (secondary N) is 1. The Labute approximate surface area is 300 Å². The second-order valence-electron chi connectivity index (χ2n) is 13.2. The number of carbonyl (C=O) groups is 2. The Morgan fingerprint density at radius 3 is 2.56 bits per heavy atom. The van der Waals surface area contributed by atoms with E-state index < -0.39 is 29.1 Å². The Hall–Kier alpha value is -4.96. The number of piperazine rings is 1. The molecule has 1 saturated heterocycles. The van der Waals surface area contributed by atoms with Crippen LogP contribution in [0.3, 0.4) is 0 Å². The summed E-state index contributed by atoms with van der Waals surface area (Å²) in [5, 5.41) is 17.2. The van der Waals surface area contributed by atoms with Gasteiger partial charge in [-0.15, -0.1) is 5.10 Å². The number of pyridine rings is 1. The van der Waals surface area contributed by atoms with E-state index in [9.17, 15) is 32.7 Å². The molecular weight excluding hydrogens is 705 g/mol. The molecule has 3 aliphatic rings. The number of amides is 2. The van der Waals surface area contributed by atoms with Crippen LogP contribution in [0.2, 0.25) is 5.02 Å². The Morgan fingerprint density at radius 2 is 1.90 bits per heavy atom. The first kappa shape index (κ1) is 35.4. The summed E-state index contributed by atoms with van der Waals surface area (Å²) in [6.45, 7) is 2.46. The smallest absolute Gasteiger partial charge is 0.416 e. The number of allylic oxidation sites excluding steroid dienone is 2. The van der Waals surface area contributed by atoms with Gasteiger partial charge in [0.15, 0.2) is 11.5 Å². The number of aromatic hydroxyl groups is 1. The molecule has 3 aromatic heterocycles. The standard InChI is InChI=1S/C35H36ClF3N8O5/c1-3-26-30(44-9-11-45(12-10-44)32(50)29-27(48)5-4-8-40-29)33(51)47-34(42-31(43-47)21-13-19-15-23(52-2)16-20(19)14-21)46(26)18-28(49)41-25-7-6-22(17-24(25)36)35(37,38)39/h4-8,13,17,19-20,23,48H,3,9-12,14-16,18H2,1-2H3,(H,41,49). The zero-order valence-corrected chi connectivity index (χ0v) is 29.1. The van der Waals surface area contributed by atoms with Crippen LogP contribution < -0.4 is 15.8 Å². The number of ether oxygens (including phenoxy) is 1. The number of anilines is 2. The third-order valence-corrected chi connectivity index (χ3v) is 10.4. The van der Waals surface area contributed by atoms with Gasteiger partial charge in [0.1, 0.15) is 18.0 Å². The average molecular weight is 741 g/mol. The average Bonchev–Trinajstić information content (AvgIpc) is 3.84. The molecule has 4 heterocycles. The minimum Gasteiger partial charge on any atom is -0.505 e. The lowest BCUT2D eigenvalue weighted by Crippen LogP contribution is -2.51. The summed E-state index contributed by atoms with van der Waals surface area (Å²) in [5.41, 5.74) is 0.235. The highest BCUT2D eigenvalue weighted by Gasteiger charge is 2.39. The molecule has 2 N–H and O–H groups in total. The molecule has 1 aliphatic heterocycles. The Kier molecular flexibility index (Phi) is 9.46. The number of alkyl halides is 3. The fourth-order valence-electron chi connectivity index (χ4n) is 7.55. The van der Waals surface area contributed by atoms with Crippen LogP contribution in [0.25, 0.3) is 11.4 Å². The van der Waals surface area contributed by atoms with Gasteiger partial charge >= 0.3 is 6.18 Å². The Bertz CT molecular complexity index is 2140. The van der Waals surface area contributed by atoms with Gasteiger partial charge in [0, 0.05) is 39.5 Å². The molecule has 3 unspecified atom stereocenters. The summed E-state index contributed by atoms with van der Waals surface area (Å²) in [6.07, 6.45) is 1.97. The number of benzene rings is 1. The second-order valence-corrected chi connectivity index (χ2v) is 13.6. The number of fused-ring (bicyclic) bond motifs is 2. The second kappa shape index (κ2) is 13.9. The molecule has 13 nitrogen and oxygen atoms in total. The fraction of sp³-hybridized carbons (Fsp3) is 0.429. The van der Waals surface area contributed by atoms with Crippen molar-refractivity contribution in [3.8, 4) is 5.75 Å². The molecule has 52 heavy (non-hydrogen) atoms. The van der Waals surface area contributed by atoms with Crippen molar-refractivity contribution < 1.29 is 32.6 Å². The molecule has 0 bridgehead atoms. The highest BCUT2D eigenvalue weighted by Crippen LogP contribution is 2.46. The zero-order chi connectivity index (χ0) is 36.9. The zero-order valence-electron chi connectivity index (χ0n) is 28.4. The lowest BCUT2D eigenvalue weighted by molar-refractivity contribution is -0.137. The van der Waals surface area contributed by atoms with Crippen LogP contribution in [0.15, 0.2) is 47.4 Å². The van der Waals surface area contributed by atoms with Gasteiger partial charge in [0.2, 0.25) is 11.7 Å². The lowest BCUT2D eigenvalue weighted by Gasteiger charge is -2.36. The maximum atomic E-state index is 14.3. The van der Waals surface area contributed by atoms with Gasteiger partial charge in [-0.05, 0) is 73.4 Å². The third kappa shape index (κ3) is 6.60. The van der Waals surface area contributed by atoms with Crippen molar-refractivity contribution in [2.24, 2.45) is 11.8 Å². The van der Waals surface area contributed by atoms with Crippen LogP contribution >= 0.6 is 11.6 Å².